The van der Waals surface area contributed by atoms with Crippen LogP contribution in [0.1, 0.15) is 31.4 Å². The summed E-state index contributed by atoms with van der Waals surface area (Å²) in [5.74, 6) is -3.53. The highest BCUT2D eigenvalue weighted by Crippen LogP contribution is 2.55. The minimum atomic E-state index is -1.37. The molecule has 5 heterocycles. The summed E-state index contributed by atoms with van der Waals surface area (Å²) < 4.78 is 18.1. The van der Waals surface area contributed by atoms with E-state index >= 15 is 0 Å². The number of carbonyl (C=O) groups excluding carboxylic acids is 4. The van der Waals surface area contributed by atoms with Crippen LogP contribution < -0.4 is 5.32 Å². The number of amides is 3. The molecular formula is C33H42N4O8. The molecule has 0 saturated carbocycles. The van der Waals surface area contributed by atoms with E-state index in [1.807, 2.05) is 42.5 Å². The van der Waals surface area contributed by atoms with Crippen LogP contribution in [0, 0.1) is 11.8 Å². The lowest BCUT2D eigenvalue weighted by Crippen LogP contribution is -2.57. The minimum absolute atomic E-state index is 0.0695. The number of aliphatic hydroxyl groups is 1. The zero-order valence-electron chi connectivity index (χ0n) is 25.6. The molecule has 2 N–H and O–H groups in total. The number of fused-ring (bicyclic) bond motifs is 2. The standard InChI is InChI=1S/C33H42N4O8/c1-22-28(23-8-4-2-5-9-23)44-32(42)26-24-11-12-33(45-24)27(26)30(40)37(16-19-38)29(33)31(41)36(13-7-3-6-10-25(39)34-22)15-14-35-17-20-43-21-18-35/h2-5,7-9,11-12,22,24,26-29,38H,6,10,13-21H2,1H3,(H,34,39)/b7-3-/t22-,24+,26-,27-,28+,29+,33-/m0/s1. The van der Waals surface area contributed by atoms with Crippen molar-refractivity contribution in [3.63, 3.8) is 0 Å². The molecule has 5 aliphatic rings. The number of allylic oxidation sites excluding steroid dienone is 1. The van der Waals surface area contributed by atoms with Crippen LogP contribution in [-0.4, -0.2) is 126 Å². The Kier molecular flexibility index (Phi) is 9.36. The van der Waals surface area contributed by atoms with Crippen molar-refractivity contribution in [3.8, 4) is 0 Å². The van der Waals surface area contributed by atoms with E-state index in [4.69, 9.17) is 14.2 Å². The van der Waals surface area contributed by atoms with Crippen molar-refractivity contribution in [2.45, 2.75) is 49.7 Å². The maximum atomic E-state index is 14.5. The van der Waals surface area contributed by atoms with E-state index < -0.39 is 53.6 Å². The highest BCUT2D eigenvalue weighted by Gasteiger charge is 2.73. The van der Waals surface area contributed by atoms with Crippen LogP contribution >= 0.6 is 0 Å². The van der Waals surface area contributed by atoms with E-state index in [9.17, 15) is 24.3 Å². The molecule has 45 heavy (non-hydrogen) atoms. The van der Waals surface area contributed by atoms with Gasteiger partial charge in [-0.2, -0.15) is 0 Å². The number of nitrogens with zero attached hydrogens (tertiary/aromatic N) is 3. The Morgan fingerprint density at radius 3 is 2.53 bits per heavy atom. The number of benzene rings is 1. The van der Waals surface area contributed by atoms with Gasteiger partial charge in [-0.3, -0.25) is 24.1 Å². The highest BCUT2D eigenvalue weighted by atomic mass is 16.6. The Bertz CT molecular complexity index is 1330. The smallest absolute Gasteiger partial charge is 0.313 e. The van der Waals surface area contributed by atoms with Crippen molar-refractivity contribution in [3.05, 3.63) is 60.2 Å². The van der Waals surface area contributed by atoms with Crippen LogP contribution in [0.2, 0.25) is 0 Å². The monoisotopic (exact) mass is 622 g/mol. The predicted octanol–water partition coefficient (Wildman–Crippen LogP) is 0.429. The summed E-state index contributed by atoms with van der Waals surface area (Å²) in [6.45, 7) is 5.44. The van der Waals surface area contributed by atoms with Gasteiger partial charge in [-0.25, -0.2) is 0 Å². The molecular weight excluding hydrogens is 580 g/mol. The molecule has 7 atom stereocenters. The van der Waals surface area contributed by atoms with E-state index in [0.717, 1.165) is 13.1 Å². The number of cyclic esters (lactones) is 1. The van der Waals surface area contributed by atoms with Crippen LogP contribution in [0.5, 0.6) is 0 Å². The van der Waals surface area contributed by atoms with E-state index in [1.165, 1.54) is 4.90 Å². The van der Waals surface area contributed by atoms with Crippen molar-refractivity contribution in [1.82, 2.24) is 20.0 Å². The quantitative estimate of drug-likeness (QED) is 0.342. The fraction of sp³-hybridized carbons (Fsp3) is 0.576. The van der Waals surface area contributed by atoms with Crippen molar-refractivity contribution in [2.75, 3.05) is 59.1 Å². The zero-order valence-corrected chi connectivity index (χ0v) is 25.6. The third-order valence-electron chi connectivity index (χ3n) is 9.57. The van der Waals surface area contributed by atoms with Gasteiger partial charge in [0.15, 0.2) is 0 Å². The molecule has 1 spiro atoms. The van der Waals surface area contributed by atoms with Crippen molar-refractivity contribution >= 4 is 23.7 Å². The Morgan fingerprint density at radius 1 is 1.00 bits per heavy atom. The summed E-state index contributed by atoms with van der Waals surface area (Å²) in [4.78, 5) is 60.9. The molecule has 5 bridgehead atoms. The van der Waals surface area contributed by atoms with Gasteiger partial charge in [-0.05, 0) is 18.9 Å². The number of esters is 1. The molecule has 3 amide bonds. The fourth-order valence-electron chi connectivity index (χ4n) is 7.36. The summed E-state index contributed by atoms with van der Waals surface area (Å²) in [7, 11) is 0. The van der Waals surface area contributed by atoms with Gasteiger partial charge in [0.1, 0.15) is 23.7 Å². The minimum Gasteiger partial charge on any atom is -0.455 e. The van der Waals surface area contributed by atoms with Gasteiger partial charge in [-0.1, -0.05) is 54.6 Å². The lowest BCUT2D eigenvalue weighted by atomic mass is 9.74. The Labute approximate surface area is 262 Å². The second kappa shape index (κ2) is 13.4. The van der Waals surface area contributed by atoms with Crippen molar-refractivity contribution in [2.24, 2.45) is 11.8 Å². The molecule has 0 aliphatic carbocycles. The van der Waals surface area contributed by atoms with Crippen LogP contribution in [0.15, 0.2) is 54.6 Å². The van der Waals surface area contributed by atoms with E-state index in [1.54, 1.807) is 24.0 Å². The fourth-order valence-corrected chi connectivity index (χ4v) is 7.36. The maximum Gasteiger partial charge on any atom is 0.313 e. The Hall–Kier alpha value is -3.58. The highest BCUT2D eigenvalue weighted by molar-refractivity contribution is 5.99. The number of carbonyl (C=O) groups is 4. The van der Waals surface area contributed by atoms with Gasteiger partial charge < -0.3 is 34.4 Å². The Balaban J connectivity index is 1.35. The lowest BCUT2D eigenvalue weighted by molar-refractivity contribution is -0.161. The third kappa shape index (κ3) is 6.04. The summed E-state index contributed by atoms with van der Waals surface area (Å²) in [5.41, 5.74) is -0.663. The first-order chi connectivity index (χ1) is 21.8. The van der Waals surface area contributed by atoms with E-state index in [2.05, 4.69) is 10.2 Å². The topological polar surface area (TPSA) is 138 Å². The molecule has 5 aliphatic heterocycles. The zero-order chi connectivity index (χ0) is 31.6. The van der Waals surface area contributed by atoms with Crippen LogP contribution in [-0.2, 0) is 33.4 Å². The first-order valence-electron chi connectivity index (χ1n) is 15.9. The average molecular weight is 623 g/mol. The molecule has 3 saturated heterocycles. The van der Waals surface area contributed by atoms with Crippen LogP contribution in [0.3, 0.4) is 0 Å². The molecule has 12 nitrogen and oxygen atoms in total. The van der Waals surface area contributed by atoms with Crippen LogP contribution in [0.25, 0.3) is 0 Å². The second-order valence-corrected chi connectivity index (χ2v) is 12.3. The first-order valence-corrected chi connectivity index (χ1v) is 15.9. The van der Waals surface area contributed by atoms with Gasteiger partial charge in [0, 0.05) is 45.7 Å². The Morgan fingerprint density at radius 2 is 1.78 bits per heavy atom. The number of aliphatic hydroxyl groups excluding tert-OH is 1. The number of likely N-dealkylation sites (tertiary alicyclic amines) is 1. The number of nitrogens with one attached hydrogen (secondary N) is 1. The summed E-state index contributed by atoms with van der Waals surface area (Å²) in [6.07, 6.45) is 6.38. The SMILES string of the molecule is C[C@@H]1NC(=O)CC/C=C\CN(CCN2CCOCC2)C(=O)[C@H]2N(CCO)C(=O)[C@@H]3[C@@H](C(=O)O[C@H]1c1ccccc1)[C@H]1C=C[C@]32O1. The van der Waals surface area contributed by atoms with Gasteiger partial charge in [-0.15, -0.1) is 0 Å². The number of hydrogen-bond donors (Lipinski definition) is 2. The molecule has 0 unspecified atom stereocenters. The van der Waals surface area contributed by atoms with Gasteiger partial charge in [0.05, 0.1) is 37.9 Å². The predicted molar refractivity (Wildman–Crippen MR) is 161 cm³/mol. The number of β-amino-alcohol motifs (C(OH)–C–C–N with tert-alkyl or cyclic N) is 1. The maximum absolute atomic E-state index is 14.5. The molecule has 242 valence electrons. The van der Waals surface area contributed by atoms with Gasteiger partial charge >= 0.3 is 5.97 Å². The van der Waals surface area contributed by atoms with E-state index in [-0.39, 0.29) is 37.9 Å². The molecule has 3 fully saturated rings. The molecule has 1 aromatic rings. The van der Waals surface area contributed by atoms with Crippen molar-refractivity contribution < 1.29 is 38.5 Å². The normalized spacial score (nSPS) is 35.0. The van der Waals surface area contributed by atoms with E-state index in [0.29, 0.717) is 38.3 Å². The first kappa shape index (κ1) is 31.4. The number of hydrogen-bond acceptors (Lipinski definition) is 9. The van der Waals surface area contributed by atoms with Crippen molar-refractivity contribution in [1.29, 1.82) is 0 Å². The summed E-state index contributed by atoms with van der Waals surface area (Å²) >= 11 is 0. The average Bonchev–Trinajstić information content (AvgIpc) is 3.69. The number of ether oxygens (including phenoxy) is 3. The number of rotatable bonds is 6. The molecule has 6 rings (SSSR count). The summed E-state index contributed by atoms with van der Waals surface area (Å²) in [5, 5.41) is 12.9. The molecule has 1 aromatic carbocycles. The molecule has 0 radical (unpaired) electrons. The van der Waals surface area contributed by atoms with Crippen LogP contribution in [0.4, 0.5) is 0 Å². The largest absolute Gasteiger partial charge is 0.455 e. The molecule has 12 heteroatoms. The molecule has 0 aromatic heterocycles. The lowest BCUT2D eigenvalue weighted by Gasteiger charge is -2.36. The summed E-state index contributed by atoms with van der Waals surface area (Å²) in [6, 6.07) is 7.56. The van der Waals surface area contributed by atoms with Gasteiger partial charge in [0.2, 0.25) is 17.7 Å². The third-order valence-corrected chi connectivity index (χ3v) is 9.57. The number of morpholine rings is 1. The second-order valence-electron chi connectivity index (χ2n) is 12.3. The van der Waals surface area contributed by atoms with Gasteiger partial charge in [0.25, 0.3) is 0 Å².